The minimum atomic E-state index is -0.204. The van der Waals surface area contributed by atoms with Gasteiger partial charge in [-0.2, -0.15) is 0 Å². The maximum atomic E-state index is 13.2. The smallest absolute Gasteiger partial charge is 0.250 e. The Kier molecular flexibility index (Phi) is 7.11. The first-order chi connectivity index (χ1) is 14.4. The van der Waals surface area contributed by atoms with Crippen molar-refractivity contribution in [1.82, 2.24) is 4.90 Å². The van der Waals surface area contributed by atoms with Crippen LogP contribution in [-0.2, 0) is 20.9 Å². The SMILES string of the molecule is COCC(=O)Nc1ccc(N(C)C)c(CN(C(=O)C2CC2)C(C)c2ccccc2)c1. The van der Waals surface area contributed by atoms with Gasteiger partial charge in [-0.3, -0.25) is 9.59 Å². The van der Waals surface area contributed by atoms with Crippen LogP contribution in [0.25, 0.3) is 0 Å². The molecule has 1 atom stereocenters. The number of hydrogen-bond acceptors (Lipinski definition) is 4. The van der Waals surface area contributed by atoms with Crippen molar-refractivity contribution in [2.45, 2.75) is 32.4 Å². The fraction of sp³-hybridized carbons (Fsp3) is 0.417. The van der Waals surface area contributed by atoms with Crippen LogP contribution in [0.3, 0.4) is 0 Å². The normalized spacial score (nSPS) is 14.1. The van der Waals surface area contributed by atoms with Crippen LogP contribution in [0.1, 0.15) is 36.9 Å². The van der Waals surface area contributed by atoms with Gasteiger partial charge >= 0.3 is 0 Å². The molecule has 2 aromatic rings. The largest absolute Gasteiger partial charge is 0.377 e. The van der Waals surface area contributed by atoms with Crippen molar-refractivity contribution in [3.8, 4) is 0 Å². The Morgan fingerprint density at radius 2 is 1.83 bits per heavy atom. The van der Waals surface area contributed by atoms with Crippen molar-refractivity contribution in [1.29, 1.82) is 0 Å². The van der Waals surface area contributed by atoms with Gasteiger partial charge in [0.15, 0.2) is 0 Å². The quantitative estimate of drug-likeness (QED) is 0.684. The third-order valence-electron chi connectivity index (χ3n) is 5.42. The molecule has 0 saturated heterocycles. The van der Waals surface area contributed by atoms with Crippen LogP contribution >= 0.6 is 0 Å². The molecular formula is C24H31N3O3. The Balaban J connectivity index is 1.91. The lowest BCUT2D eigenvalue weighted by atomic mass is 10.0. The van der Waals surface area contributed by atoms with E-state index in [-0.39, 0.29) is 30.4 Å². The van der Waals surface area contributed by atoms with Crippen LogP contribution in [0.15, 0.2) is 48.5 Å². The van der Waals surface area contributed by atoms with Crippen molar-refractivity contribution >= 4 is 23.2 Å². The standard InChI is InChI=1S/C24H31N3O3/c1-17(18-8-6-5-7-9-18)27(24(29)19-10-11-19)15-20-14-21(25-23(28)16-30-4)12-13-22(20)26(2)3/h5-9,12-14,17,19H,10-11,15-16H2,1-4H3,(H,25,28). The summed E-state index contributed by atoms with van der Waals surface area (Å²) in [5.74, 6) is 0.123. The molecule has 0 bridgehead atoms. The Bertz CT molecular complexity index is 879. The summed E-state index contributed by atoms with van der Waals surface area (Å²) >= 11 is 0. The first-order valence-electron chi connectivity index (χ1n) is 10.3. The summed E-state index contributed by atoms with van der Waals surface area (Å²) in [5, 5.41) is 2.86. The second-order valence-corrected chi connectivity index (χ2v) is 8.05. The highest BCUT2D eigenvalue weighted by atomic mass is 16.5. The van der Waals surface area contributed by atoms with Crippen molar-refractivity contribution in [3.63, 3.8) is 0 Å². The molecule has 0 heterocycles. The van der Waals surface area contributed by atoms with Gasteiger partial charge in [0.05, 0.1) is 6.04 Å². The van der Waals surface area contributed by atoms with Gasteiger partial charge in [-0.05, 0) is 49.1 Å². The van der Waals surface area contributed by atoms with Gasteiger partial charge in [-0.15, -0.1) is 0 Å². The number of rotatable bonds is 9. The molecule has 1 aliphatic rings. The van der Waals surface area contributed by atoms with Crippen LogP contribution < -0.4 is 10.2 Å². The van der Waals surface area contributed by atoms with Gasteiger partial charge in [0.25, 0.3) is 0 Å². The summed E-state index contributed by atoms with van der Waals surface area (Å²) < 4.78 is 4.90. The predicted octanol–water partition coefficient (Wildman–Crippen LogP) is 3.84. The van der Waals surface area contributed by atoms with Crippen LogP contribution in [0.5, 0.6) is 0 Å². The number of anilines is 2. The van der Waals surface area contributed by atoms with Crippen LogP contribution in [0.4, 0.5) is 11.4 Å². The molecule has 0 spiro atoms. The van der Waals surface area contributed by atoms with Gasteiger partial charge < -0.3 is 19.9 Å². The monoisotopic (exact) mass is 409 g/mol. The molecular weight excluding hydrogens is 378 g/mol. The van der Waals surface area contributed by atoms with Gasteiger partial charge in [0.2, 0.25) is 11.8 Å². The van der Waals surface area contributed by atoms with E-state index in [0.717, 1.165) is 29.7 Å². The maximum absolute atomic E-state index is 13.2. The minimum absolute atomic E-state index is 0.00208. The van der Waals surface area contributed by atoms with Gasteiger partial charge in [0.1, 0.15) is 6.61 Å². The molecule has 6 heteroatoms. The van der Waals surface area contributed by atoms with Crippen LogP contribution in [0, 0.1) is 5.92 Å². The highest BCUT2D eigenvalue weighted by Crippen LogP contribution is 2.36. The van der Waals surface area contributed by atoms with E-state index >= 15 is 0 Å². The lowest BCUT2D eigenvalue weighted by Gasteiger charge is -2.32. The topological polar surface area (TPSA) is 61.9 Å². The summed E-state index contributed by atoms with van der Waals surface area (Å²) in [6, 6.07) is 15.9. The molecule has 1 N–H and O–H groups in total. The van der Waals surface area contributed by atoms with Crippen molar-refractivity contribution in [3.05, 3.63) is 59.7 Å². The molecule has 0 aromatic heterocycles. The highest BCUT2D eigenvalue weighted by Gasteiger charge is 2.36. The van der Waals surface area contributed by atoms with E-state index in [1.165, 1.54) is 7.11 Å². The lowest BCUT2D eigenvalue weighted by Crippen LogP contribution is -2.34. The number of methoxy groups -OCH3 is 1. The fourth-order valence-electron chi connectivity index (χ4n) is 3.62. The first-order valence-corrected chi connectivity index (χ1v) is 10.3. The fourth-order valence-corrected chi connectivity index (χ4v) is 3.62. The number of carbonyl (C=O) groups is 2. The summed E-state index contributed by atoms with van der Waals surface area (Å²) in [5.41, 5.74) is 3.83. The summed E-state index contributed by atoms with van der Waals surface area (Å²) in [6.45, 7) is 2.56. The van der Waals surface area contributed by atoms with E-state index in [1.54, 1.807) is 0 Å². The molecule has 1 fully saturated rings. The second kappa shape index (κ2) is 9.76. The molecule has 6 nitrogen and oxygen atoms in total. The number of carbonyl (C=O) groups excluding carboxylic acids is 2. The number of benzene rings is 2. The Hall–Kier alpha value is -2.86. The molecule has 30 heavy (non-hydrogen) atoms. The molecule has 0 aliphatic heterocycles. The number of nitrogens with one attached hydrogen (secondary N) is 1. The van der Waals surface area contributed by atoms with E-state index in [0.29, 0.717) is 12.2 Å². The lowest BCUT2D eigenvalue weighted by molar-refractivity contribution is -0.135. The Labute approximate surface area is 178 Å². The average molecular weight is 410 g/mol. The zero-order valence-electron chi connectivity index (χ0n) is 18.2. The summed E-state index contributed by atoms with van der Waals surface area (Å²) in [7, 11) is 5.46. The van der Waals surface area contributed by atoms with Crippen molar-refractivity contribution < 1.29 is 14.3 Å². The van der Waals surface area contributed by atoms with E-state index in [2.05, 4.69) is 24.4 Å². The Morgan fingerprint density at radius 3 is 2.43 bits per heavy atom. The zero-order valence-corrected chi connectivity index (χ0v) is 18.2. The third-order valence-corrected chi connectivity index (χ3v) is 5.42. The molecule has 1 aliphatic carbocycles. The summed E-state index contributed by atoms with van der Waals surface area (Å²) in [6.07, 6.45) is 1.93. The zero-order chi connectivity index (χ0) is 21.7. The van der Waals surface area contributed by atoms with Crippen LogP contribution in [-0.4, -0.2) is 44.5 Å². The molecule has 2 amide bonds. The first kappa shape index (κ1) is 21.8. The van der Waals surface area contributed by atoms with E-state index in [9.17, 15) is 9.59 Å². The number of hydrogen-bond donors (Lipinski definition) is 1. The third kappa shape index (κ3) is 5.39. The van der Waals surface area contributed by atoms with E-state index in [4.69, 9.17) is 4.74 Å². The molecule has 1 saturated carbocycles. The van der Waals surface area contributed by atoms with E-state index < -0.39 is 0 Å². The van der Waals surface area contributed by atoms with Crippen molar-refractivity contribution in [2.75, 3.05) is 38.0 Å². The number of ether oxygens (including phenoxy) is 1. The molecule has 1 unspecified atom stereocenters. The Morgan fingerprint density at radius 1 is 1.13 bits per heavy atom. The van der Waals surface area contributed by atoms with E-state index in [1.807, 2.05) is 60.3 Å². The summed E-state index contributed by atoms with van der Waals surface area (Å²) in [4.78, 5) is 29.1. The second-order valence-electron chi connectivity index (χ2n) is 8.05. The van der Waals surface area contributed by atoms with Gasteiger partial charge in [-0.25, -0.2) is 0 Å². The minimum Gasteiger partial charge on any atom is -0.377 e. The molecule has 0 radical (unpaired) electrons. The average Bonchev–Trinajstić information content (AvgIpc) is 3.57. The van der Waals surface area contributed by atoms with Gasteiger partial charge in [-0.1, -0.05) is 30.3 Å². The maximum Gasteiger partial charge on any atom is 0.250 e. The molecule has 160 valence electrons. The van der Waals surface area contributed by atoms with Crippen molar-refractivity contribution in [2.24, 2.45) is 5.92 Å². The molecule has 3 rings (SSSR count). The van der Waals surface area contributed by atoms with Crippen LogP contribution in [0.2, 0.25) is 0 Å². The number of nitrogens with zero attached hydrogens (tertiary/aromatic N) is 2. The number of amides is 2. The predicted molar refractivity (Wildman–Crippen MR) is 119 cm³/mol. The van der Waals surface area contributed by atoms with Gasteiger partial charge in [0, 0.05) is 45.0 Å². The molecule has 2 aromatic carbocycles. The highest BCUT2D eigenvalue weighted by molar-refractivity contribution is 5.92.